The normalized spacial score (nSPS) is 25.4. The summed E-state index contributed by atoms with van der Waals surface area (Å²) in [6, 6.07) is 7.55. The van der Waals surface area contributed by atoms with Crippen molar-refractivity contribution in [3.05, 3.63) is 59.7 Å². The summed E-state index contributed by atoms with van der Waals surface area (Å²) in [4.78, 5) is 26.8. The molecule has 0 spiro atoms. The number of carbonyl (C=O) groups is 2. The monoisotopic (exact) mass is 571 g/mol. The van der Waals surface area contributed by atoms with Crippen molar-refractivity contribution in [3.63, 3.8) is 0 Å². The molecule has 0 saturated heterocycles. The molecule has 0 radical (unpaired) electrons. The number of nitrogens with one attached hydrogen (secondary N) is 1. The standard InChI is InChI=1S/C25H23F4N3O.C2HF3O2/c26-19-10-17(25(27,28)29)4-5-18(19)22-30-21(20-3-1-2-6-32(20)22)23(33)31-24-11-14-7-15(12-24)9-16(8-14)13-24;3-2(4,5)1(6)7/h1-6,10,14-16H,7-9,11-13H2,(H,31,33);(H,6,7). The molecule has 4 aliphatic carbocycles. The molecule has 214 valence electrons. The van der Waals surface area contributed by atoms with Gasteiger partial charge in [-0.2, -0.15) is 26.3 Å². The number of imidazole rings is 1. The predicted octanol–water partition coefficient (Wildman–Crippen LogP) is 6.49. The molecule has 6 nitrogen and oxygen atoms in total. The lowest BCUT2D eigenvalue weighted by Gasteiger charge is -2.56. The van der Waals surface area contributed by atoms with Gasteiger partial charge in [-0.25, -0.2) is 14.2 Å². The minimum absolute atomic E-state index is 0.0851. The lowest BCUT2D eigenvalue weighted by Crippen LogP contribution is -2.59. The van der Waals surface area contributed by atoms with Gasteiger partial charge in [0.25, 0.3) is 5.91 Å². The summed E-state index contributed by atoms with van der Waals surface area (Å²) in [5, 5.41) is 10.4. The maximum Gasteiger partial charge on any atom is 0.490 e. The summed E-state index contributed by atoms with van der Waals surface area (Å²) in [5.74, 6) is -2.01. The minimum atomic E-state index is -5.08. The third kappa shape index (κ3) is 5.37. The van der Waals surface area contributed by atoms with E-state index in [9.17, 15) is 35.5 Å². The van der Waals surface area contributed by atoms with Crippen LogP contribution in [0.1, 0.15) is 54.6 Å². The zero-order chi connectivity index (χ0) is 29.0. The quantitative estimate of drug-likeness (QED) is 0.352. The second-order valence-electron chi connectivity index (χ2n) is 10.9. The number of amides is 1. The Morgan fingerprint density at radius 1 is 0.950 bits per heavy atom. The average molecular weight is 571 g/mol. The Morgan fingerprint density at radius 2 is 1.52 bits per heavy atom. The van der Waals surface area contributed by atoms with Gasteiger partial charge in [0.05, 0.1) is 16.6 Å². The van der Waals surface area contributed by atoms with E-state index in [4.69, 9.17) is 9.90 Å². The molecule has 2 aromatic heterocycles. The number of halogens is 7. The summed E-state index contributed by atoms with van der Waals surface area (Å²) < 4.78 is 87.0. The Labute approximate surface area is 223 Å². The van der Waals surface area contributed by atoms with E-state index in [-0.39, 0.29) is 28.5 Å². The van der Waals surface area contributed by atoms with E-state index in [1.54, 1.807) is 28.8 Å². The Kier molecular flexibility index (Phi) is 6.82. The van der Waals surface area contributed by atoms with Crippen LogP contribution in [0.2, 0.25) is 0 Å². The molecule has 7 rings (SSSR count). The Morgan fingerprint density at radius 3 is 2.02 bits per heavy atom. The summed E-state index contributed by atoms with van der Waals surface area (Å²) >= 11 is 0. The third-order valence-corrected chi connectivity index (χ3v) is 7.96. The number of carbonyl (C=O) groups excluding carboxylic acids is 1. The van der Waals surface area contributed by atoms with Crippen LogP contribution in [0.5, 0.6) is 0 Å². The van der Waals surface area contributed by atoms with Gasteiger partial charge in [-0.15, -0.1) is 0 Å². The number of hydrogen-bond donors (Lipinski definition) is 2. The second-order valence-corrected chi connectivity index (χ2v) is 10.9. The summed E-state index contributed by atoms with van der Waals surface area (Å²) in [7, 11) is 0. The molecule has 13 heteroatoms. The first-order chi connectivity index (χ1) is 18.6. The number of aliphatic carboxylic acids is 1. The molecule has 2 heterocycles. The fraction of sp³-hybridized carbons (Fsp3) is 0.444. The van der Waals surface area contributed by atoms with Crippen LogP contribution in [0.15, 0.2) is 42.6 Å². The maximum atomic E-state index is 14.7. The SMILES string of the molecule is O=C(NC12CC3CC(CC(C3)C1)C2)c1nc(-c2ccc(C(F)(F)F)cc2F)n2ccccc12.O=C(O)C(F)(F)F. The van der Waals surface area contributed by atoms with Gasteiger partial charge in [0, 0.05) is 11.7 Å². The van der Waals surface area contributed by atoms with Crippen LogP contribution in [-0.2, 0) is 11.0 Å². The van der Waals surface area contributed by atoms with Gasteiger partial charge in [-0.1, -0.05) is 6.07 Å². The zero-order valence-corrected chi connectivity index (χ0v) is 20.8. The van der Waals surface area contributed by atoms with Crippen molar-refractivity contribution in [2.75, 3.05) is 0 Å². The first kappa shape index (κ1) is 27.9. The number of hydrogen-bond acceptors (Lipinski definition) is 3. The average Bonchev–Trinajstić information content (AvgIpc) is 3.22. The van der Waals surface area contributed by atoms with Gasteiger partial charge in [-0.05, 0) is 86.6 Å². The smallest absolute Gasteiger partial charge is 0.475 e. The molecule has 1 aromatic carbocycles. The first-order valence-electron chi connectivity index (χ1n) is 12.6. The van der Waals surface area contributed by atoms with Crippen molar-refractivity contribution in [2.45, 2.75) is 56.4 Å². The molecule has 3 aromatic rings. The highest BCUT2D eigenvalue weighted by Gasteiger charge is 2.51. The van der Waals surface area contributed by atoms with Gasteiger partial charge >= 0.3 is 18.3 Å². The van der Waals surface area contributed by atoms with Crippen molar-refractivity contribution in [1.29, 1.82) is 0 Å². The molecule has 1 amide bonds. The van der Waals surface area contributed by atoms with Gasteiger partial charge in [-0.3, -0.25) is 9.20 Å². The van der Waals surface area contributed by atoms with Gasteiger partial charge in [0.2, 0.25) is 0 Å². The van der Waals surface area contributed by atoms with Gasteiger partial charge in [0.1, 0.15) is 11.6 Å². The highest BCUT2D eigenvalue weighted by Crippen LogP contribution is 2.55. The van der Waals surface area contributed by atoms with Crippen molar-refractivity contribution in [3.8, 4) is 11.4 Å². The van der Waals surface area contributed by atoms with Crippen molar-refractivity contribution >= 4 is 17.4 Å². The zero-order valence-electron chi connectivity index (χ0n) is 20.8. The van der Waals surface area contributed by atoms with E-state index in [0.717, 1.165) is 31.4 Å². The van der Waals surface area contributed by atoms with Crippen LogP contribution in [0.4, 0.5) is 30.7 Å². The topological polar surface area (TPSA) is 83.7 Å². The van der Waals surface area contributed by atoms with Crippen LogP contribution in [0.25, 0.3) is 16.9 Å². The number of alkyl halides is 6. The number of fused-ring (bicyclic) bond motifs is 1. The number of pyridine rings is 1. The van der Waals surface area contributed by atoms with E-state index in [2.05, 4.69) is 10.3 Å². The molecular weight excluding hydrogens is 547 g/mol. The number of nitrogens with zero attached hydrogens (tertiary/aromatic N) is 2. The summed E-state index contributed by atoms with van der Waals surface area (Å²) in [6.07, 6.45) is -1.39. The first-order valence-corrected chi connectivity index (χ1v) is 12.6. The molecule has 0 aliphatic heterocycles. The predicted molar refractivity (Wildman–Crippen MR) is 128 cm³/mol. The molecule has 40 heavy (non-hydrogen) atoms. The Hall–Kier alpha value is -3.64. The van der Waals surface area contributed by atoms with E-state index in [0.29, 0.717) is 29.3 Å². The van der Waals surface area contributed by atoms with E-state index in [1.165, 1.54) is 19.3 Å². The summed E-state index contributed by atoms with van der Waals surface area (Å²) in [6.45, 7) is 0. The van der Waals surface area contributed by atoms with E-state index < -0.39 is 29.7 Å². The highest BCUT2D eigenvalue weighted by molar-refractivity contribution is 6.00. The molecule has 0 unspecified atom stereocenters. The second kappa shape index (κ2) is 9.77. The van der Waals surface area contributed by atoms with Crippen LogP contribution in [0.3, 0.4) is 0 Å². The van der Waals surface area contributed by atoms with Crippen molar-refractivity contribution < 1.29 is 45.4 Å². The van der Waals surface area contributed by atoms with E-state index >= 15 is 0 Å². The van der Waals surface area contributed by atoms with Crippen LogP contribution >= 0.6 is 0 Å². The van der Waals surface area contributed by atoms with Crippen LogP contribution in [-0.4, -0.2) is 38.1 Å². The lowest BCUT2D eigenvalue weighted by molar-refractivity contribution is -0.192. The molecule has 4 fully saturated rings. The van der Waals surface area contributed by atoms with Crippen LogP contribution in [0, 0.1) is 23.6 Å². The van der Waals surface area contributed by atoms with Crippen molar-refractivity contribution in [2.24, 2.45) is 17.8 Å². The summed E-state index contributed by atoms with van der Waals surface area (Å²) in [5.41, 5.74) is -0.701. The Balaban J connectivity index is 0.000000411. The minimum Gasteiger partial charge on any atom is -0.475 e. The molecule has 0 atom stereocenters. The molecule has 4 saturated carbocycles. The molecule has 4 aliphatic rings. The third-order valence-electron chi connectivity index (χ3n) is 7.96. The number of carboxylic acid groups (broad SMARTS) is 1. The lowest BCUT2D eigenvalue weighted by atomic mass is 9.53. The molecular formula is C27H24F7N3O3. The van der Waals surface area contributed by atoms with Crippen molar-refractivity contribution in [1.82, 2.24) is 14.7 Å². The maximum absolute atomic E-state index is 14.7. The largest absolute Gasteiger partial charge is 0.490 e. The number of carboxylic acids is 1. The van der Waals surface area contributed by atoms with Gasteiger partial charge < -0.3 is 10.4 Å². The molecule has 4 bridgehead atoms. The van der Waals surface area contributed by atoms with Crippen LogP contribution < -0.4 is 5.32 Å². The highest BCUT2D eigenvalue weighted by atomic mass is 19.4. The number of rotatable bonds is 3. The molecule has 2 N–H and O–H groups in total. The Bertz CT molecular complexity index is 1430. The number of benzene rings is 1. The fourth-order valence-electron chi connectivity index (χ4n) is 6.83. The van der Waals surface area contributed by atoms with Gasteiger partial charge in [0.15, 0.2) is 5.69 Å². The number of aromatic nitrogens is 2. The fourth-order valence-corrected chi connectivity index (χ4v) is 6.83. The van der Waals surface area contributed by atoms with E-state index in [1.807, 2.05) is 0 Å².